The molecule has 1 aliphatic rings. The molecule has 1 amide bonds. The number of ether oxygens (including phenoxy) is 1. The smallest absolute Gasteiger partial charge is 0.337 e. The Balaban J connectivity index is 2.39. The fourth-order valence-corrected chi connectivity index (χ4v) is 2.52. The molecular formula is C14H13BrF2N2O4. The molecule has 1 aliphatic heterocycles. The van der Waals surface area contributed by atoms with Gasteiger partial charge in [-0.1, -0.05) is 0 Å². The molecule has 1 heterocycles. The van der Waals surface area contributed by atoms with Crippen molar-refractivity contribution in [3.8, 4) is 0 Å². The maximum atomic E-state index is 13.4. The molecule has 0 aliphatic carbocycles. The number of halogens is 3. The van der Waals surface area contributed by atoms with Gasteiger partial charge in [0.1, 0.15) is 5.70 Å². The third kappa shape index (κ3) is 3.50. The van der Waals surface area contributed by atoms with Crippen molar-refractivity contribution in [1.82, 2.24) is 4.90 Å². The Bertz CT molecular complexity index is 694. The van der Waals surface area contributed by atoms with E-state index in [0.29, 0.717) is 0 Å². The van der Waals surface area contributed by atoms with Crippen LogP contribution in [-0.4, -0.2) is 48.7 Å². The Hall–Kier alpha value is -2.00. The number of anilines is 1. The van der Waals surface area contributed by atoms with E-state index in [1.807, 2.05) is 0 Å². The van der Waals surface area contributed by atoms with Crippen LogP contribution in [0.15, 0.2) is 27.9 Å². The van der Waals surface area contributed by atoms with Crippen molar-refractivity contribution < 1.29 is 28.2 Å². The highest BCUT2D eigenvalue weighted by atomic mass is 79.9. The number of hydrogen-bond donors (Lipinski definition) is 2. The number of carbonyl (C=O) groups excluding carboxylic acids is 2. The Labute approximate surface area is 138 Å². The van der Waals surface area contributed by atoms with Gasteiger partial charge in [0, 0.05) is 17.1 Å². The summed E-state index contributed by atoms with van der Waals surface area (Å²) in [5, 5.41) is 11.6. The number of carbonyl (C=O) groups is 2. The maximum absolute atomic E-state index is 13.4. The predicted octanol–water partition coefficient (Wildman–Crippen LogP) is 1.40. The summed E-state index contributed by atoms with van der Waals surface area (Å²) in [6.07, 6.45) is 0. The molecule has 0 atom stereocenters. The van der Waals surface area contributed by atoms with Gasteiger partial charge in [-0.25, -0.2) is 13.6 Å². The van der Waals surface area contributed by atoms with E-state index in [9.17, 15) is 18.4 Å². The highest BCUT2D eigenvalue weighted by Gasteiger charge is 2.34. The van der Waals surface area contributed by atoms with Crippen molar-refractivity contribution in [1.29, 1.82) is 0 Å². The monoisotopic (exact) mass is 390 g/mol. The van der Waals surface area contributed by atoms with Gasteiger partial charge in [0.2, 0.25) is 0 Å². The molecule has 1 aromatic rings. The van der Waals surface area contributed by atoms with Crippen molar-refractivity contribution in [3.05, 3.63) is 39.5 Å². The lowest BCUT2D eigenvalue weighted by Crippen LogP contribution is -2.31. The zero-order chi connectivity index (χ0) is 17.1. The van der Waals surface area contributed by atoms with E-state index in [2.05, 4.69) is 26.0 Å². The molecule has 6 nitrogen and oxygen atoms in total. The summed E-state index contributed by atoms with van der Waals surface area (Å²) in [5.41, 5.74) is 0.0269. The van der Waals surface area contributed by atoms with Crippen molar-refractivity contribution in [2.75, 3.05) is 32.1 Å². The molecule has 0 saturated heterocycles. The number of amides is 1. The van der Waals surface area contributed by atoms with Crippen LogP contribution < -0.4 is 5.32 Å². The lowest BCUT2D eigenvalue weighted by molar-refractivity contribution is -0.136. The molecule has 2 rings (SSSR count). The van der Waals surface area contributed by atoms with Crippen molar-refractivity contribution >= 4 is 33.5 Å². The van der Waals surface area contributed by atoms with E-state index < -0.39 is 23.5 Å². The van der Waals surface area contributed by atoms with Gasteiger partial charge in [-0.05, 0) is 22.0 Å². The van der Waals surface area contributed by atoms with Gasteiger partial charge in [0.25, 0.3) is 5.91 Å². The molecule has 0 radical (unpaired) electrons. The van der Waals surface area contributed by atoms with E-state index >= 15 is 0 Å². The number of benzene rings is 1. The zero-order valence-corrected chi connectivity index (χ0v) is 13.6. The average Bonchev–Trinajstić information content (AvgIpc) is 2.81. The van der Waals surface area contributed by atoms with Crippen LogP contribution in [-0.2, 0) is 14.3 Å². The van der Waals surface area contributed by atoms with Gasteiger partial charge < -0.3 is 20.1 Å². The van der Waals surface area contributed by atoms with Crippen LogP contribution in [0.5, 0.6) is 0 Å². The number of nitrogens with zero attached hydrogens (tertiary/aromatic N) is 1. The van der Waals surface area contributed by atoms with E-state index in [1.54, 1.807) is 0 Å². The third-order valence-corrected chi connectivity index (χ3v) is 3.88. The topological polar surface area (TPSA) is 78.9 Å². The number of β-amino-alcohol motifs (C(OH)–C–C–N with tert-alkyl or cyclic N) is 1. The van der Waals surface area contributed by atoms with Crippen LogP contribution in [0.3, 0.4) is 0 Å². The van der Waals surface area contributed by atoms with Crippen LogP contribution in [0.2, 0.25) is 0 Å². The predicted molar refractivity (Wildman–Crippen MR) is 80.4 cm³/mol. The van der Waals surface area contributed by atoms with Crippen LogP contribution in [0, 0.1) is 11.6 Å². The van der Waals surface area contributed by atoms with E-state index in [-0.39, 0.29) is 41.1 Å². The van der Waals surface area contributed by atoms with Gasteiger partial charge in [-0.2, -0.15) is 0 Å². The molecule has 23 heavy (non-hydrogen) atoms. The number of esters is 1. The van der Waals surface area contributed by atoms with Gasteiger partial charge in [0.05, 0.1) is 31.5 Å². The summed E-state index contributed by atoms with van der Waals surface area (Å²) >= 11 is 3.06. The molecule has 9 heteroatoms. The lowest BCUT2D eigenvalue weighted by atomic mass is 10.2. The quantitative estimate of drug-likeness (QED) is 0.586. The molecule has 0 fully saturated rings. The summed E-state index contributed by atoms with van der Waals surface area (Å²) in [4.78, 5) is 25.3. The summed E-state index contributed by atoms with van der Waals surface area (Å²) in [7, 11) is 1.17. The first-order chi connectivity index (χ1) is 10.9. The summed E-state index contributed by atoms with van der Waals surface area (Å²) in [6.45, 7) is -0.290. The Kier molecular flexibility index (Phi) is 5.32. The minimum absolute atomic E-state index is 0.0312. The van der Waals surface area contributed by atoms with E-state index in [1.165, 1.54) is 12.0 Å². The number of aliphatic hydroxyl groups is 1. The first kappa shape index (κ1) is 17.4. The summed E-state index contributed by atoms with van der Waals surface area (Å²) in [5.74, 6) is -3.42. The second-order valence-electron chi connectivity index (χ2n) is 4.67. The molecule has 124 valence electrons. The van der Waals surface area contributed by atoms with Gasteiger partial charge in [0.15, 0.2) is 11.6 Å². The van der Waals surface area contributed by atoms with E-state index in [4.69, 9.17) is 5.11 Å². The molecule has 0 bridgehead atoms. The highest BCUT2D eigenvalue weighted by Crippen LogP contribution is 2.29. The molecule has 1 aromatic carbocycles. The van der Waals surface area contributed by atoms with Crippen LogP contribution in [0.4, 0.5) is 14.5 Å². The molecule has 0 aromatic heterocycles. The number of nitrogens with one attached hydrogen (secondary N) is 1. The van der Waals surface area contributed by atoms with Crippen molar-refractivity contribution in [2.45, 2.75) is 0 Å². The largest absolute Gasteiger partial charge is 0.466 e. The fourth-order valence-electron chi connectivity index (χ4n) is 2.10. The second-order valence-corrected chi connectivity index (χ2v) is 5.52. The fraction of sp³-hybridized carbons (Fsp3) is 0.286. The molecule has 2 N–H and O–H groups in total. The Morgan fingerprint density at radius 2 is 2.09 bits per heavy atom. The number of hydrogen-bond acceptors (Lipinski definition) is 5. The Morgan fingerprint density at radius 1 is 1.43 bits per heavy atom. The standard InChI is InChI=1S/C14H13BrF2N2O4/c1-23-14(22)7-6-19(2-3-20)13(21)12(7)18-11-5-10(17)9(16)4-8(11)15/h4-5,18,20H,2-3,6H2,1H3. The lowest BCUT2D eigenvalue weighted by Gasteiger charge is -2.15. The first-order valence-electron chi connectivity index (χ1n) is 6.52. The minimum atomic E-state index is -1.10. The van der Waals surface area contributed by atoms with Crippen LogP contribution >= 0.6 is 15.9 Å². The maximum Gasteiger partial charge on any atom is 0.337 e. The first-order valence-corrected chi connectivity index (χ1v) is 7.31. The van der Waals surface area contributed by atoms with Gasteiger partial charge in [-0.15, -0.1) is 0 Å². The van der Waals surface area contributed by atoms with Crippen LogP contribution in [0.25, 0.3) is 0 Å². The van der Waals surface area contributed by atoms with Crippen LogP contribution in [0.1, 0.15) is 0 Å². The molecule has 0 spiro atoms. The normalized spacial score (nSPS) is 14.5. The van der Waals surface area contributed by atoms with E-state index in [0.717, 1.165) is 12.1 Å². The average molecular weight is 391 g/mol. The summed E-state index contributed by atoms with van der Waals surface area (Å²) in [6, 6.07) is 1.77. The third-order valence-electron chi connectivity index (χ3n) is 3.22. The number of aliphatic hydroxyl groups excluding tert-OH is 1. The van der Waals surface area contributed by atoms with Gasteiger partial charge in [-0.3, -0.25) is 4.79 Å². The Morgan fingerprint density at radius 3 is 2.70 bits per heavy atom. The second kappa shape index (κ2) is 7.05. The molecular weight excluding hydrogens is 378 g/mol. The van der Waals surface area contributed by atoms with Crippen molar-refractivity contribution in [2.24, 2.45) is 0 Å². The molecule has 0 unspecified atom stereocenters. The zero-order valence-electron chi connectivity index (χ0n) is 12.0. The van der Waals surface area contributed by atoms with Crippen molar-refractivity contribution in [3.63, 3.8) is 0 Å². The molecule has 0 saturated carbocycles. The number of rotatable bonds is 5. The highest BCUT2D eigenvalue weighted by molar-refractivity contribution is 9.10. The van der Waals surface area contributed by atoms with Gasteiger partial charge >= 0.3 is 5.97 Å². The number of methoxy groups -OCH3 is 1. The SMILES string of the molecule is COC(=O)C1=C(Nc2cc(F)c(F)cc2Br)C(=O)N(CCO)C1. The minimum Gasteiger partial charge on any atom is -0.466 e. The summed E-state index contributed by atoms with van der Waals surface area (Å²) < 4.78 is 31.3.